The molecule has 7 nitrogen and oxygen atoms in total. The van der Waals surface area contributed by atoms with E-state index in [0.717, 1.165) is 47.6 Å². The Hall–Kier alpha value is -3.37. The zero-order chi connectivity index (χ0) is 22.1. The summed E-state index contributed by atoms with van der Waals surface area (Å²) in [5, 5.41) is 13.8. The van der Waals surface area contributed by atoms with Crippen LogP contribution in [0.3, 0.4) is 0 Å². The number of carbonyl (C=O) groups excluding carboxylic acids is 1. The molecule has 0 spiro atoms. The van der Waals surface area contributed by atoms with Gasteiger partial charge in [0, 0.05) is 42.5 Å². The number of carbonyl (C=O) groups is 1. The summed E-state index contributed by atoms with van der Waals surface area (Å²) in [6, 6.07) is 8.20. The molecule has 1 amide bonds. The lowest BCUT2D eigenvalue weighted by atomic mass is 9.99. The van der Waals surface area contributed by atoms with Crippen LogP contribution in [0.25, 0.3) is 11.4 Å². The van der Waals surface area contributed by atoms with Crippen LogP contribution in [-0.2, 0) is 19.9 Å². The topological polar surface area (TPSA) is 99.0 Å². The van der Waals surface area contributed by atoms with Gasteiger partial charge in [0.2, 0.25) is 0 Å². The molecule has 3 heterocycles. The van der Waals surface area contributed by atoms with Gasteiger partial charge in [-0.15, -0.1) is 0 Å². The number of imidazole rings is 1. The molecule has 3 N–H and O–H groups in total. The first-order valence-corrected chi connectivity index (χ1v) is 10.6. The lowest BCUT2D eigenvalue weighted by Crippen LogP contribution is -2.18. The van der Waals surface area contributed by atoms with Crippen LogP contribution in [0.15, 0.2) is 30.5 Å². The molecule has 1 aliphatic heterocycles. The number of aliphatic hydroxyl groups is 1. The number of rotatable bonds is 4. The van der Waals surface area contributed by atoms with E-state index in [4.69, 9.17) is 10.7 Å². The van der Waals surface area contributed by atoms with E-state index < -0.39 is 12.0 Å². The highest BCUT2D eigenvalue weighted by molar-refractivity contribution is 5.93. The molecule has 1 aromatic carbocycles. The van der Waals surface area contributed by atoms with E-state index in [1.54, 1.807) is 17.8 Å². The van der Waals surface area contributed by atoms with Gasteiger partial charge in [0.25, 0.3) is 5.91 Å². The second-order valence-electron chi connectivity index (χ2n) is 8.01. The van der Waals surface area contributed by atoms with Gasteiger partial charge in [-0.05, 0) is 49.9 Å². The van der Waals surface area contributed by atoms with Crippen LogP contribution in [0.2, 0.25) is 0 Å². The van der Waals surface area contributed by atoms with Gasteiger partial charge in [-0.2, -0.15) is 5.10 Å². The summed E-state index contributed by atoms with van der Waals surface area (Å²) in [6.45, 7) is 3.79. The number of primary amides is 1. The van der Waals surface area contributed by atoms with E-state index in [9.17, 15) is 9.90 Å². The molecule has 7 heteroatoms. The Morgan fingerprint density at radius 3 is 2.84 bits per heavy atom. The van der Waals surface area contributed by atoms with Gasteiger partial charge in [-0.3, -0.25) is 9.48 Å². The Morgan fingerprint density at radius 2 is 2.19 bits per heavy atom. The molecule has 0 bridgehead atoms. The molecule has 31 heavy (non-hydrogen) atoms. The van der Waals surface area contributed by atoms with Crippen LogP contribution >= 0.6 is 0 Å². The predicted octanol–water partition coefficient (Wildman–Crippen LogP) is 2.60. The van der Waals surface area contributed by atoms with Gasteiger partial charge in [-0.25, -0.2) is 4.98 Å². The average molecular weight is 418 g/mol. The van der Waals surface area contributed by atoms with Crippen LogP contribution in [0.1, 0.15) is 65.7 Å². The molecule has 3 aromatic rings. The monoisotopic (exact) mass is 417 g/mol. The van der Waals surface area contributed by atoms with Crippen molar-refractivity contribution in [1.29, 1.82) is 0 Å². The first-order chi connectivity index (χ1) is 14.9. The molecule has 0 radical (unpaired) electrons. The fourth-order valence-corrected chi connectivity index (χ4v) is 4.27. The van der Waals surface area contributed by atoms with Crippen molar-refractivity contribution in [3.05, 3.63) is 58.7 Å². The normalized spacial score (nSPS) is 15.9. The molecule has 4 rings (SSSR count). The van der Waals surface area contributed by atoms with Gasteiger partial charge >= 0.3 is 0 Å². The van der Waals surface area contributed by atoms with Crippen molar-refractivity contribution in [2.45, 2.75) is 51.7 Å². The number of nitrogens with two attached hydrogens (primary N) is 1. The fraction of sp³-hybridized carbons (Fsp3) is 0.375. The first-order valence-electron chi connectivity index (χ1n) is 10.6. The quantitative estimate of drug-likeness (QED) is 0.638. The maximum atomic E-state index is 12.4. The molecular weight excluding hydrogens is 390 g/mol. The lowest BCUT2D eigenvalue weighted by Gasteiger charge is -2.20. The van der Waals surface area contributed by atoms with Gasteiger partial charge in [0.15, 0.2) is 0 Å². The first kappa shape index (κ1) is 20.9. The molecule has 2 atom stereocenters. The number of hydrogen-bond donors (Lipinski definition) is 2. The minimum absolute atomic E-state index is 0.207. The summed E-state index contributed by atoms with van der Waals surface area (Å²) in [5.41, 5.74) is 10.8. The fourth-order valence-electron chi connectivity index (χ4n) is 4.27. The van der Waals surface area contributed by atoms with Crippen LogP contribution in [0.5, 0.6) is 0 Å². The SMILES string of the molecule is CCC1CCc2ccc(C#CC(C)O)cc2-c2nc(C(N)=O)c(Cc3ccnn3C)n21. The minimum atomic E-state index is -0.697. The van der Waals surface area contributed by atoms with Crippen LogP contribution < -0.4 is 5.73 Å². The summed E-state index contributed by atoms with van der Waals surface area (Å²) in [6.07, 6.45) is 4.36. The lowest BCUT2D eigenvalue weighted by molar-refractivity contribution is 0.0995. The molecule has 0 saturated carbocycles. The van der Waals surface area contributed by atoms with Crippen LogP contribution in [-0.4, -0.2) is 36.4 Å². The van der Waals surface area contributed by atoms with Crippen molar-refractivity contribution in [2.24, 2.45) is 12.8 Å². The highest BCUT2D eigenvalue weighted by atomic mass is 16.3. The van der Waals surface area contributed by atoms with Crippen LogP contribution in [0, 0.1) is 11.8 Å². The highest BCUT2D eigenvalue weighted by Crippen LogP contribution is 2.37. The third kappa shape index (κ3) is 3.99. The molecule has 0 saturated heterocycles. The van der Waals surface area contributed by atoms with Crippen molar-refractivity contribution < 1.29 is 9.90 Å². The second kappa shape index (κ2) is 8.40. The van der Waals surface area contributed by atoms with E-state index in [1.807, 2.05) is 25.2 Å². The van der Waals surface area contributed by atoms with Crippen molar-refractivity contribution in [2.75, 3.05) is 0 Å². The van der Waals surface area contributed by atoms with Crippen molar-refractivity contribution in [3.63, 3.8) is 0 Å². The van der Waals surface area contributed by atoms with Crippen LogP contribution in [0.4, 0.5) is 0 Å². The minimum Gasteiger partial charge on any atom is -0.381 e. The Balaban J connectivity index is 1.93. The summed E-state index contributed by atoms with van der Waals surface area (Å²) < 4.78 is 4.00. The second-order valence-corrected chi connectivity index (χ2v) is 8.01. The Morgan fingerprint density at radius 1 is 1.39 bits per heavy atom. The molecule has 2 aromatic heterocycles. The molecule has 0 fully saturated rings. The molecule has 160 valence electrons. The van der Waals surface area contributed by atoms with Gasteiger partial charge < -0.3 is 15.4 Å². The van der Waals surface area contributed by atoms with Crippen molar-refractivity contribution in [3.8, 4) is 23.2 Å². The number of aryl methyl sites for hydroxylation is 2. The van der Waals surface area contributed by atoms with E-state index in [-0.39, 0.29) is 6.04 Å². The number of fused-ring (bicyclic) bond motifs is 3. The zero-order valence-corrected chi connectivity index (χ0v) is 18.1. The van der Waals surface area contributed by atoms with Crippen molar-refractivity contribution >= 4 is 5.91 Å². The Kier molecular flexibility index (Phi) is 5.66. The molecule has 0 aliphatic carbocycles. The summed E-state index contributed by atoms with van der Waals surface area (Å²) in [4.78, 5) is 17.1. The number of nitrogens with zero attached hydrogens (tertiary/aromatic N) is 4. The summed E-state index contributed by atoms with van der Waals surface area (Å²) in [5.74, 6) is 6.04. The van der Waals surface area contributed by atoms with E-state index in [2.05, 4.69) is 34.5 Å². The third-order valence-corrected chi connectivity index (χ3v) is 5.87. The number of aromatic nitrogens is 4. The maximum Gasteiger partial charge on any atom is 0.269 e. The summed E-state index contributed by atoms with van der Waals surface area (Å²) in [7, 11) is 1.89. The standard InChI is InChI=1S/C24H27N5O2/c1-4-18-10-9-17-8-7-16(6-5-15(2)30)13-20(17)24-27-22(23(25)31)21(29(18)24)14-19-11-12-26-28(19)3/h7-8,11-13,15,18,30H,4,9-10,14H2,1-3H3,(H2,25,31). The molecule has 1 aliphatic rings. The van der Waals surface area contributed by atoms with Gasteiger partial charge in [0.1, 0.15) is 17.6 Å². The third-order valence-electron chi connectivity index (χ3n) is 5.87. The summed E-state index contributed by atoms with van der Waals surface area (Å²) >= 11 is 0. The van der Waals surface area contributed by atoms with E-state index in [0.29, 0.717) is 12.1 Å². The number of aliphatic hydroxyl groups excluding tert-OH is 1. The van der Waals surface area contributed by atoms with E-state index in [1.165, 1.54) is 5.56 Å². The Bertz CT molecular complexity index is 1190. The largest absolute Gasteiger partial charge is 0.381 e. The number of amides is 1. The zero-order valence-electron chi connectivity index (χ0n) is 18.1. The number of benzene rings is 1. The van der Waals surface area contributed by atoms with Gasteiger partial charge in [-0.1, -0.05) is 24.8 Å². The van der Waals surface area contributed by atoms with E-state index >= 15 is 0 Å². The average Bonchev–Trinajstić information content (AvgIpc) is 3.27. The maximum absolute atomic E-state index is 12.4. The molecular formula is C24H27N5O2. The Labute approximate surface area is 181 Å². The number of hydrogen-bond acceptors (Lipinski definition) is 4. The molecule has 2 unspecified atom stereocenters. The van der Waals surface area contributed by atoms with Crippen molar-refractivity contribution in [1.82, 2.24) is 19.3 Å². The van der Waals surface area contributed by atoms with Gasteiger partial charge in [0.05, 0.1) is 5.69 Å². The predicted molar refractivity (Wildman–Crippen MR) is 118 cm³/mol. The highest BCUT2D eigenvalue weighted by Gasteiger charge is 2.29. The smallest absolute Gasteiger partial charge is 0.269 e.